The standard InChI is InChI=1S/C66H79ClN10O3/c1-8-72-35-39-74(40-36-72)59-45-56(49-19-13-10-14-20-49)69-64-60(47(4)71-77(59)64)52-21-16-18-48(43-52)17-12-11-15-33-68-58(78)32-34-73-37-41-75(42-38-73)65(79)76-62(51-26-29-54(67)30-27-51)61(50-24-22-46(3)23-25-50)70-63(76)55-31-28-53(66(5,6)7)44-57(55)80-9-2/h10,13-14,16,18-31,43-45,61-62H,8-9,11-12,15,17,32-42H2,1-7H3,(H,68,78). The number of rotatable bonds is 18. The summed E-state index contributed by atoms with van der Waals surface area (Å²) in [6, 6.07) is 43.2. The second kappa shape index (κ2) is 25.2. The highest BCUT2D eigenvalue weighted by molar-refractivity contribution is 6.30. The lowest BCUT2D eigenvalue weighted by Crippen LogP contribution is -2.54. The number of amides is 3. The molecule has 80 heavy (non-hydrogen) atoms. The van der Waals surface area contributed by atoms with Crippen LogP contribution in [0.2, 0.25) is 5.02 Å². The molecule has 418 valence electrons. The van der Waals surface area contributed by atoms with Crippen molar-refractivity contribution in [1.82, 2.24) is 39.5 Å². The number of urea groups is 1. The van der Waals surface area contributed by atoms with E-state index in [-0.39, 0.29) is 23.4 Å². The Hall–Kier alpha value is -7.06. The van der Waals surface area contributed by atoms with E-state index in [2.05, 4.69) is 163 Å². The fourth-order valence-electron chi connectivity index (χ4n) is 11.5. The maximum atomic E-state index is 15.3. The molecule has 0 saturated carbocycles. The van der Waals surface area contributed by atoms with Gasteiger partial charge >= 0.3 is 6.03 Å². The van der Waals surface area contributed by atoms with E-state index in [0.717, 1.165) is 126 Å². The monoisotopic (exact) mass is 1090 g/mol. The zero-order valence-electron chi connectivity index (χ0n) is 47.9. The van der Waals surface area contributed by atoms with Crippen molar-refractivity contribution in [2.75, 3.05) is 83.5 Å². The minimum atomic E-state index is -0.431. The average Bonchev–Trinajstić information content (AvgIpc) is 4.21. The largest absolute Gasteiger partial charge is 0.493 e. The van der Waals surface area contributed by atoms with Crippen LogP contribution in [0.25, 0.3) is 28.0 Å². The number of nitrogens with zero attached hydrogens (tertiary/aromatic N) is 9. The number of carbonyl (C=O) groups excluding carboxylic acids is 2. The molecule has 2 fully saturated rings. The van der Waals surface area contributed by atoms with Crippen LogP contribution in [0.4, 0.5) is 10.6 Å². The van der Waals surface area contributed by atoms with Crippen LogP contribution in [-0.2, 0) is 16.6 Å². The van der Waals surface area contributed by atoms with Crippen LogP contribution in [0.3, 0.4) is 0 Å². The first-order chi connectivity index (χ1) is 38.8. The van der Waals surface area contributed by atoms with E-state index in [0.29, 0.717) is 68.9 Å². The van der Waals surface area contributed by atoms with Gasteiger partial charge in [0.15, 0.2) is 5.65 Å². The number of piperazine rings is 2. The van der Waals surface area contributed by atoms with E-state index in [1.807, 2.05) is 47.1 Å². The van der Waals surface area contributed by atoms with Crippen LogP contribution < -0.4 is 15.0 Å². The van der Waals surface area contributed by atoms with Crippen LogP contribution in [0.1, 0.15) is 111 Å². The van der Waals surface area contributed by atoms with E-state index < -0.39 is 6.04 Å². The molecule has 2 saturated heterocycles. The molecule has 7 aromatic rings. The predicted octanol–water partition coefficient (Wildman–Crippen LogP) is 12.4. The molecule has 2 atom stereocenters. The number of aliphatic imine (C=N–C) groups is 1. The van der Waals surface area contributed by atoms with Crippen molar-refractivity contribution in [1.29, 1.82) is 0 Å². The summed E-state index contributed by atoms with van der Waals surface area (Å²) in [4.78, 5) is 50.3. The smallest absolute Gasteiger partial charge is 0.326 e. The van der Waals surface area contributed by atoms with Crippen molar-refractivity contribution < 1.29 is 14.3 Å². The molecule has 5 heterocycles. The zero-order valence-corrected chi connectivity index (χ0v) is 48.7. The van der Waals surface area contributed by atoms with E-state index in [1.165, 1.54) is 5.56 Å². The van der Waals surface area contributed by atoms with Gasteiger partial charge in [0.25, 0.3) is 0 Å². The fourth-order valence-corrected chi connectivity index (χ4v) is 11.7. The Morgan fingerprint density at radius 3 is 2.16 bits per heavy atom. The van der Waals surface area contributed by atoms with Crippen molar-refractivity contribution in [3.05, 3.63) is 171 Å². The third kappa shape index (κ3) is 12.8. The number of fused-ring (bicyclic) bond motifs is 1. The molecule has 2 aromatic heterocycles. The van der Waals surface area contributed by atoms with Gasteiger partial charge in [0, 0.05) is 94.1 Å². The first-order valence-electron chi connectivity index (χ1n) is 29.0. The summed E-state index contributed by atoms with van der Waals surface area (Å²) in [5, 5.41) is 8.94. The Balaban J connectivity index is 0.739. The number of anilines is 1. The normalized spacial score (nSPS) is 17.3. The van der Waals surface area contributed by atoms with Crippen molar-refractivity contribution in [3.8, 4) is 28.1 Å². The molecule has 2 unspecified atom stereocenters. The summed E-state index contributed by atoms with van der Waals surface area (Å²) in [5.41, 5.74) is 12.3. The third-order valence-corrected chi connectivity index (χ3v) is 16.5. The van der Waals surface area contributed by atoms with Gasteiger partial charge in [-0.2, -0.15) is 9.61 Å². The third-order valence-electron chi connectivity index (χ3n) is 16.2. The summed E-state index contributed by atoms with van der Waals surface area (Å²) in [7, 11) is 0. The number of halogens is 1. The van der Waals surface area contributed by atoms with Gasteiger partial charge in [0.2, 0.25) is 5.91 Å². The molecule has 0 bridgehead atoms. The highest BCUT2D eigenvalue weighted by Crippen LogP contribution is 2.46. The van der Waals surface area contributed by atoms with E-state index in [9.17, 15) is 4.79 Å². The number of aryl methyl sites for hydroxylation is 3. The van der Waals surface area contributed by atoms with Gasteiger partial charge in [-0.25, -0.2) is 9.78 Å². The number of unbranched alkanes of at least 4 members (excludes halogenated alkanes) is 2. The number of benzene rings is 5. The average molecular weight is 1100 g/mol. The first-order valence-corrected chi connectivity index (χ1v) is 29.4. The van der Waals surface area contributed by atoms with Gasteiger partial charge in [-0.1, -0.05) is 148 Å². The van der Waals surface area contributed by atoms with Gasteiger partial charge in [0.05, 0.1) is 29.6 Å². The summed E-state index contributed by atoms with van der Waals surface area (Å²) in [5.74, 6) is 2.44. The van der Waals surface area contributed by atoms with Crippen LogP contribution in [-0.4, -0.2) is 131 Å². The predicted molar refractivity (Wildman–Crippen MR) is 324 cm³/mol. The molecule has 0 radical (unpaired) electrons. The lowest BCUT2D eigenvalue weighted by atomic mass is 9.86. The molecule has 3 amide bonds. The first kappa shape index (κ1) is 56.2. The second-order valence-electron chi connectivity index (χ2n) is 22.8. The number of likely N-dealkylation sites (N-methyl/N-ethyl adjacent to an activating group) is 1. The lowest BCUT2D eigenvalue weighted by molar-refractivity contribution is -0.121. The summed E-state index contributed by atoms with van der Waals surface area (Å²) in [6.45, 7) is 24.1. The summed E-state index contributed by atoms with van der Waals surface area (Å²) < 4.78 is 8.42. The molecular weight excluding hydrogens is 1020 g/mol. The molecule has 5 aromatic carbocycles. The van der Waals surface area contributed by atoms with Gasteiger partial charge in [-0.3, -0.25) is 19.6 Å². The van der Waals surface area contributed by atoms with E-state index in [4.69, 9.17) is 31.4 Å². The van der Waals surface area contributed by atoms with Gasteiger partial charge in [-0.15, -0.1) is 0 Å². The van der Waals surface area contributed by atoms with Crippen LogP contribution in [0.15, 0.2) is 132 Å². The van der Waals surface area contributed by atoms with Gasteiger partial charge in [0.1, 0.15) is 23.4 Å². The second-order valence-corrected chi connectivity index (χ2v) is 23.2. The zero-order chi connectivity index (χ0) is 55.9. The topological polar surface area (TPSA) is 114 Å². The summed E-state index contributed by atoms with van der Waals surface area (Å²) in [6.07, 6.45) is 4.31. The molecule has 10 rings (SSSR count). The Morgan fingerprint density at radius 1 is 0.738 bits per heavy atom. The molecule has 0 aliphatic carbocycles. The Labute approximate surface area is 478 Å². The van der Waals surface area contributed by atoms with Crippen molar-refractivity contribution in [2.45, 2.75) is 98.1 Å². The Kier molecular flexibility index (Phi) is 17.7. The van der Waals surface area contributed by atoms with E-state index in [1.54, 1.807) is 0 Å². The molecule has 13 nitrogen and oxygen atoms in total. The molecule has 1 N–H and O–H groups in total. The van der Waals surface area contributed by atoms with Gasteiger partial charge < -0.3 is 24.8 Å². The number of carbonyl (C=O) groups is 2. The molecule has 0 spiro atoms. The number of ether oxygens (including phenoxy) is 1. The van der Waals surface area contributed by atoms with Crippen LogP contribution in [0, 0.1) is 13.8 Å². The minimum absolute atomic E-state index is 0.0591. The maximum Gasteiger partial charge on any atom is 0.326 e. The molecular formula is C66H79ClN10O3. The van der Waals surface area contributed by atoms with Crippen molar-refractivity contribution in [2.24, 2.45) is 4.99 Å². The highest BCUT2D eigenvalue weighted by Gasteiger charge is 2.45. The molecule has 14 heteroatoms. The highest BCUT2D eigenvalue weighted by atomic mass is 35.5. The summed E-state index contributed by atoms with van der Waals surface area (Å²) >= 11 is 6.46. The van der Waals surface area contributed by atoms with Gasteiger partial charge in [-0.05, 0) is 104 Å². The molecule has 3 aliphatic rings. The Morgan fingerprint density at radius 2 is 1.45 bits per heavy atom. The Bertz CT molecular complexity index is 3280. The number of amidine groups is 1. The van der Waals surface area contributed by atoms with Crippen LogP contribution in [0.5, 0.6) is 5.75 Å². The SMILES string of the molecule is CCOc1cc(C(C)(C)C)ccc1C1=NC(c2ccc(C)cc2)C(c2ccc(Cl)cc2)N1C(=O)N1CCN(CCC(=O)NCCCCCc2cccc(-c3c(C)nn4c(N5CCN(CC)CC5)cc(-c5ccccc5)nc34)c2)CC1. The minimum Gasteiger partial charge on any atom is -0.493 e. The number of nitrogens with one attached hydrogen (secondary N) is 1. The maximum absolute atomic E-state index is 15.3. The number of hydrogen-bond acceptors (Lipinski definition) is 9. The van der Waals surface area contributed by atoms with E-state index >= 15 is 4.79 Å². The number of hydrogen-bond donors (Lipinski definition) is 1. The van der Waals surface area contributed by atoms with Crippen molar-refractivity contribution in [3.63, 3.8) is 0 Å². The fraction of sp³-hybridized carbons (Fsp3) is 0.409. The van der Waals surface area contributed by atoms with Crippen LogP contribution >= 0.6 is 11.6 Å². The quantitative estimate of drug-likeness (QED) is 0.0845. The number of aromatic nitrogens is 3. The molecule has 3 aliphatic heterocycles. The lowest BCUT2D eigenvalue weighted by Gasteiger charge is -2.39. The van der Waals surface area contributed by atoms with Crippen molar-refractivity contribution >= 4 is 40.8 Å².